The molecular weight excluding hydrogens is 689 g/mol. The van der Waals surface area contributed by atoms with Crippen LogP contribution in [0.2, 0.25) is 5.02 Å². The maximum atomic E-state index is 16.2. The molecule has 260 valence electrons. The lowest BCUT2D eigenvalue weighted by atomic mass is 9.86. The van der Waals surface area contributed by atoms with Crippen molar-refractivity contribution >= 4 is 29.3 Å². The summed E-state index contributed by atoms with van der Waals surface area (Å²) in [5, 5.41) is 26.2. The third-order valence-electron chi connectivity index (χ3n) is 8.09. The molecule has 50 heavy (non-hydrogen) atoms. The van der Waals surface area contributed by atoms with Gasteiger partial charge in [0.15, 0.2) is 17.3 Å². The summed E-state index contributed by atoms with van der Waals surface area (Å²) in [5.74, 6) is -2.58. The van der Waals surface area contributed by atoms with Crippen molar-refractivity contribution in [2.45, 2.75) is 44.2 Å². The van der Waals surface area contributed by atoms with Gasteiger partial charge in [-0.1, -0.05) is 46.6 Å². The Morgan fingerprint density at radius 1 is 1.10 bits per heavy atom. The number of aliphatic hydroxyl groups is 2. The fraction of sp³-hybridized carbons (Fsp3) is 0.257. The van der Waals surface area contributed by atoms with Crippen LogP contribution in [-0.4, -0.2) is 53.2 Å². The number of pyridine rings is 1. The average molecular weight is 717 g/mol. The van der Waals surface area contributed by atoms with Gasteiger partial charge in [-0.05, 0) is 43.7 Å². The standard InChI is InChI=1S/C35H27ClF5N3O6/c1-33(2,46)22-15-25(44-30(28(22)39)21-9-10-23-31(27(21)36)50-35(40,41)49-23)34(47,19-7-5-4-6-8-19)16-42-32(45)18-11-17-12-20(14-26(37)38)43-29(17)24(13-18)48-3/h4-13,15,26,46-47H,14,16H2,1-3H3/p+1/t34-/m1/s1. The molecule has 0 unspecified atom stereocenters. The monoisotopic (exact) mass is 716 g/mol. The van der Waals surface area contributed by atoms with Gasteiger partial charge in [-0.15, -0.1) is 8.78 Å². The molecule has 0 spiro atoms. The van der Waals surface area contributed by atoms with E-state index in [-0.39, 0.29) is 44.8 Å². The predicted molar refractivity (Wildman–Crippen MR) is 171 cm³/mol. The van der Waals surface area contributed by atoms with Gasteiger partial charge in [0.1, 0.15) is 17.7 Å². The van der Waals surface area contributed by atoms with E-state index < -0.39 is 70.8 Å². The smallest absolute Gasteiger partial charge is 0.489 e. The number of carbonyl (C=O) groups excluding carboxylic acids is 1. The Balaban J connectivity index is 1.44. The van der Waals surface area contributed by atoms with Crippen LogP contribution in [0.25, 0.3) is 17.3 Å². The molecule has 0 saturated carbocycles. The minimum absolute atomic E-state index is 0.0506. The number of alkyl halides is 4. The van der Waals surface area contributed by atoms with Crippen molar-refractivity contribution in [1.29, 1.82) is 0 Å². The molecule has 6 rings (SSSR count). The molecule has 2 aliphatic heterocycles. The van der Waals surface area contributed by atoms with Crippen molar-refractivity contribution in [3.05, 3.63) is 104 Å². The zero-order valence-electron chi connectivity index (χ0n) is 26.5. The molecule has 3 N–H and O–H groups in total. The fourth-order valence-electron chi connectivity index (χ4n) is 5.66. The Bertz CT molecular complexity index is 2190. The second kappa shape index (κ2) is 12.7. The summed E-state index contributed by atoms with van der Waals surface area (Å²) in [6, 6.07) is 14.1. The van der Waals surface area contributed by atoms with Gasteiger partial charge in [0.25, 0.3) is 5.91 Å². The lowest BCUT2D eigenvalue weighted by Gasteiger charge is -2.31. The van der Waals surface area contributed by atoms with Gasteiger partial charge in [-0.2, -0.15) is 0 Å². The van der Waals surface area contributed by atoms with Crippen LogP contribution in [-0.2, 0) is 11.2 Å². The Labute approximate surface area is 286 Å². The Morgan fingerprint density at radius 3 is 2.48 bits per heavy atom. The maximum Gasteiger partial charge on any atom is 0.586 e. The van der Waals surface area contributed by atoms with Crippen molar-refractivity contribution in [3.8, 4) is 28.5 Å². The van der Waals surface area contributed by atoms with E-state index >= 15 is 4.39 Å². The quantitative estimate of drug-likeness (QED) is 0.165. The number of hydrogen-bond acceptors (Lipinski definition) is 7. The lowest BCUT2D eigenvalue weighted by molar-refractivity contribution is -0.286. The van der Waals surface area contributed by atoms with Crippen molar-refractivity contribution in [1.82, 2.24) is 15.0 Å². The Morgan fingerprint density at radius 2 is 1.82 bits per heavy atom. The largest absolute Gasteiger partial charge is 0.586 e. The summed E-state index contributed by atoms with van der Waals surface area (Å²) in [4.78, 5) is 18.0. The minimum atomic E-state index is -4.02. The van der Waals surface area contributed by atoms with E-state index in [4.69, 9.17) is 16.3 Å². The summed E-state index contributed by atoms with van der Waals surface area (Å²) in [6.45, 7) is 2.02. The second-order valence-electron chi connectivity index (χ2n) is 12.1. The number of methoxy groups -OCH3 is 1. The van der Waals surface area contributed by atoms with Gasteiger partial charge in [-0.25, -0.2) is 18.2 Å². The average Bonchev–Trinajstić information content (AvgIpc) is 3.61. The zero-order valence-corrected chi connectivity index (χ0v) is 27.3. The second-order valence-corrected chi connectivity index (χ2v) is 12.4. The Kier molecular flexibility index (Phi) is 8.85. The van der Waals surface area contributed by atoms with Gasteiger partial charge in [0, 0.05) is 28.8 Å². The van der Waals surface area contributed by atoms with Crippen molar-refractivity contribution < 1.29 is 51.2 Å². The SMILES string of the molecule is COc1cc(C(=O)NC[C@@](O)(c2ccccc2)c2cc(C(C)(C)O)c(F)c(-c3ccc4c(c3Cl)OC(F)(F)O4)n2)cc2c1=[N+]=C(CC(F)F)C=2. The molecule has 0 bridgehead atoms. The number of carbonyl (C=O) groups is 1. The van der Waals surface area contributed by atoms with E-state index in [1.807, 2.05) is 0 Å². The molecule has 1 atom stereocenters. The van der Waals surface area contributed by atoms with E-state index in [1.54, 1.807) is 18.2 Å². The Hall–Kier alpha value is -5.01. The van der Waals surface area contributed by atoms with Gasteiger partial charge in [0.2, 0.25) is 12.2 Å². The number of nitrogens with zero attached hydrogens (tertiary/aromatic N) is 2. The van der Waals surface area contributed by atoms with Crippen molar-refractivity contribution in [2.75, 3.05) is 13.7 Å². The molecule has 0 aliphatic carbocycles. The number of rotatable bonds is 10. The highest BCUT2D eigenvalue weighted by Gasteiger charge is 2.45. The van der Waals surface area contributed by atoms with Gasteiger partial charge < -0.3 is 29.7 Å². The van der Waals surface area contributed by atoms with Crippen molar-refractivity contribution in [2.24, 2.45) is 0 Å². The van der Waals surface area contributed by atoms with Crippen LogP contribution in [0.15, 0.2) is 60.7 Å². The summed E-state index contributed by atoms with van der Waals surface area (Å²) >= 11 is 6.42. The number of hydrogen-bond donors (Lipinski definition) is 3. The molecule has 15 heteroatoms. The summed E-state index contributed by atoms with van der Waals surface area (Å²) < 4.78 is 88.5. The highest BCUT2D eigenvalue weighted by Crippen LogP contribution is 2.50. The molecule has 4 aromatic rings. The van der Waals surface area contributed by atoms with Crippen LogP contribution in [0.5, 0.6) is 17.2 Å². The molecule has 0 fully saturated rings. The van der Waals surface area contributed by atoms with E-state index in [0.717, 1.165) is 12.1 Å². The summed E-state index contributed by atoms with van der Waals surface area (Å²) in [7, 11) is 1.34. The lowest BCUT2D eigenvalue weighted by Crippen LogP contribution is -2.43. The summed E-state index contributed by atoms with van der Waals surface area (Å²) in [5.41, 5.74) is -5.02. The zero-order chi connectivity index (χ0) is 36.2. The van der Waals surface area contributed by atoms with E-state index in [0.29, 0.717) is 5.22 Å². The van der Waals surface area contributed by atoms with Gasteiger partial charge in [0.05, 0.1) is 35.2 Å². The van der Waals surface area contributed by atoms with Gasteiger partial charge in [-0.3, -0.25) is 4.79 Å². The third-order valence-corrected chi connectivity index (χ3v) is 8.47. The van der Waals surface area contributed by atoms with Crippen LogP contribution in [0.3, 0.4) is 0 Å². The topological polar surface area (TPSA) is 124 Å². The van der Waals surface area contributed by atoms with E-state index in [2.05, 4.69) is 24.4 Å². The number of aromatic nitrogens is 1. The number of benzene rings is 3. The van der Waals surface area contributed by atoms with Crippen LogP contribution in [0.4, 0.5) is 22.0 Å². The first-order valence-electron chi connectivity index (χ1n) is 15.0. The fourth-order valence-corrected chi connectivity index (χ4v) is 5.94. The molecular formula is C35H28ClF5N3O6+. The number of fused-ring (bicyclic) bond motifs is 2. The van der Waals surface area contributed by atoms with Crippen LogP contribution in [0.1, 0.15) is 47.4 Å². The normalized spacial score (nSPS) is 15.5. The molecule has 1 aromatic heterocycles. The van der Waals surface area contributed by atoms with Crippen LogP contribution in [0, 0.1) is 5.82 Å². The van der Waals surface area contributed by atoms with E-state index in [9.17, 15) is 32.6 Å². The number of nitrogens with one attached hydrogen (secondary N) is 1. The van der Waals surface area contributed by atoms with E-state index in [1.165, 1.54) is 57.4 Å². The number of ether oxygens (including phenoxy) is 3. The molecule has 9 nitrogen and oxygen atoms in total. The maximum absolute atomic E-state index is 16.2. The predicted octanol–water partition coefficient (Wildman–Crippen LogP) is 4.34. The van der Waals surface area contributed by atoms with Crippen LogP contribution >= 0.6 is 11.6 Å². The third kappa shape index (κ3) is 6.50. The van der Waals surface area contributed by atoms with Crippen LogP contribution < -0.4 is 34.8 Å². The molecule has 0 saturated heterocycles. The summed E-state index contributed by atoms with van der Waals surface area (Å²) in [6.07, 6.45) is -5.82. The minimum Gasteiger partial charge on any atom is -0.489 e. The van der Waals surface area contributed by atoms with Crippen molar-refractivity contribution in [3.63, 3.8) is 0 Å². The van der Waals surface area contributed by atoms with Gasteiger partial charge >= 0.3 is 17.4 Å². The molecule has 1 amide bonds. The molecule has 0 radical (unpaired) electrons. The number of amides is 1. The first-order valence-corrected chi connectivity index (χ1v) is 15.4. The first kappa shape index (κ1) is 34.8. The molecule has 3 aromatic carbocycles. The molecule has 2 aliphatic rings. The number of halogens is 6. The highest BCUT2D eigenvalue weighted by molar-refractivity contribution is 6.35. The first-order chi connectivity index (χ1) is 23.5. The highest BCUT2D eigenvalue weighted by atomic mass is 35.5. The molecule has 3 heterocycles.